The molecule has 6 nitrogen and oxygen atoms in total. The summed E-state index contributed by atoms with van der Waals surface area (Å²) in [7, 11) is -2.14. The molecule has 1 aromatic carbocycles. The van der Waals surface area contributed by atoms with Gasteiger partial charge in [0.05, 0.1) is 24.3 Å². The third-order valence-electron chi connectivity index (χ3n) is 2.50. The number of benzene rings is 1. The normalized spacial score (nSPS) is 11.8. The van der Waals surface area contributed by atoms with E-state index in [2.05, 4.69) is 4.72 Å². The number of hydrogen-bond acceptors (Lipinski definition) is 5. The second kappa shape index (κ2) is 7.47. The first-order valence-electron chi connectivity index (χ1n) is 6.37. The Bertz CT molecular complexity index is 529. The third kappa shape index (κ3) is 4.99. The van der Waals surface area contributed by atoms with Crippen LogP contribution in [0.2, 0.25) is 0 Å². The van der Waals surface area contributed by atoms with E-state index < -0.39 is 10.0 Å². The van der Waals surface area contributed by atoms with Crippen molar-refractivity contribution in [3.8, 4) is 5.75 Å². The van der Waals surface area contributed by atoms with Gasteiger partial charge < -0.3 is 15.2 Å². The second-order valence-electron chi connectivity index (χ2n) is 4.77. The number of anilines is 1. The van der Waals surface area contributed by atoms with Crippen LogP contribution in [0.3, 0.4) is 0 Å². The standard InChI is InChI=1S/C13H22N2O4S/c1-10(2)9-19-7-6-15-20(16,17)11-4-5-12(14)13(8-11)18-3/h4-5,8,10,15H,6-7,9,14H2,1-3H3. The lowest BCUT2D eigenvalue weighted by Gasteiger charge is -2.10. The summed E-state index contributed by atoms with van der Waals surface area (Å²) in [5.74, 6) is 0.761. The molecule has 0 amide bonds. The number of nitrogen functional groups attached to an aromatic ring is 1. The first-order chi connectivity index (χ1) is 9.36. The first-order valence-corrected chi connectivity index (χ1v) is 7.86. The van der Waals surface area contributed by atoms with E-state index >= 15 is 0 Å². The molecule has 1 aromatic rings. The van der Waals surface area contributed by atoms with Crippen LogP contribution in [0, 0.1) is 5.92 Å². The average Bonchev–Trinajstić information content (AvgIpc) is 2.38. The minimum atomic E-state index is -3.58. The molecule has 0 saturated heterocycles. The molecule has 7 heteroatoms. The predicted molar refractivity (Wildman–Crippen MR) is 78.3 cm³/mol. The van der Waals surface area contributed by atoms with Crippen LogP contribution in [0.5, 0.6) is 5.75 Å². The van der Waals surface area contributed by atoms with Crippen molar-refractivity contribution < 1.29 is 17.9 Å². The van der Waals surface area contributed by atoms with Gasteiger partial charge >= 0.3 is 0 Å². The second-order valence-corrected chi connectivity index (χ2v) is 6.54. The molecule has 0 bridgehead atoms. The quantitative estimate of drug-likeness (QED) is 0.557. The van der Waals surface area contributed by atoms with Gasteiger partial charge in [-0.3, -0.25) is 0 Å². The number of nitrogens with two attached hydrogens (primary N) is 1. The Hall–Kier alpha value is -1.31. The van der Waals surface area contributed by atoms with Crippen molar-refractivity contribution in [3.63, 3.8) is 0 Å². The van der Waals surface area contributed by atoms with Crippen molar-refractivity contribution in [2.75, 3.05) is 32.6 Å². The molecule has 114 valence electrons. The fourth-order valence-electron chi connectivity index (χ4n) is 1.51. The first kappa shape index (κ1) is 16.7. The number of nitrogens with one attached hydrogen (secondary N) is 1. The molecule has 0 aliphatic rings. The number of sulfonamides is 1. The van der Waals surface area contributed by atoms with Gasteiger partial charge in [-0.2, -0.15) is 0 Å². The van der Waals surface area contributed by atoms with Crippen LogP contribution in [-0.4, -0.2) is 35.3 Å². The van der Waals surface area contributed by atoms with Gasteiger partial charge in [0.25, 0.3) is 0 Å². The van der Waals surface area contributed by atoms with E-state index in [4.69, 9.17) is 15.2 Å². The summed E-state index contributed by atoms with van der Waals surface area (Å²) >= 11 is 0. The maximum Gasteiger partial charge on any atom is 0.240 e. The molecule has 0 atom stereocenters. The van der Waals surface area contributed by atoms with Crippen LogP contribution in [0.15, 0.2) is 23.1 Å². The van der Waals surface area contributed by atoms with Crippen LogP contribution in [-0.2, 0) is 14.8 Å². The largest absolute Gasteiger partial charge is 0.495 e. The molecule has 0 saturated carbocycles. The molecule has 3 N–H and O–H groups in total. The molecule has 0 fully saturated rings. The summed E-state index contributed by atoms with van der Waals surface area (Å²) in [5, 5.41) is 0. The maximum absolute atomic E-state index is 12.0. The SMILES string of the molecule is COc1cc(S(=O)(=O)NCCOCC(C)C)ccc1N. The van der Waals surface area contributed by atoms with Crippen molar-refractivity contribution in [1.82, 2.24) is 4.72 Å². The summed E-state index contributed by atoms with van der Waals surface area (Å²) in [4.78, 5) is 0.118. The van der Waals surface area contributed by atoms with Gasteiger partial charge in [-0.15, -0.1) is 0 Å². The van der Waals surface area contributed by atoms with Crippen LogP contribution in [0.1, 0.15) is 13.8 Å². The van der Waals surface area contributed by atoms with Gasteiger partial charge in [0, 0.05) is 19.2 Å². The Morgan fingerprint density at radius 3 is 2.65 bits per heavy atom. The van der Waals surface area contributed by atoms with E-state index in [1.54, 1.807) is 0 Å². The highest BCUT2D eigenvalue weighted by atomic mass is 32.2. The summed E-state index contributed by atoms with van der Waals surface area (Å²) < 4.78 is 36.9. The monoisotopic (exact) mass is 302 g/mol. The number of ether oxygens (including phenoxy) is 2. The molecular weight excluding hydrogens is 280 g/mol. The molecule has 0 aliphatic heterocycles. The fourth-order valence-corrected chi connectivity index (χ4v) is 2.54. The number of methoxy groups -OCH3 is 1. The lowest BCUT2D eigenvalue weighted by atomic mass is 10.2. The fraction of sp³-hybridized carbons (Fsp3) is 0.538. The summed E-state index contributed by atoms with van der Waals surface area (Å²) in [6.45, 7) is 5.23. The molecule has 0 unspecified atom stereocenters. The van der Waals surface area contributed by atoms with Gasteiger partial charge in [0.2, 0.25) is 10.0 Å². The number of hydrogen-bond donors (Lipinski definition) is 2. The molecule has 0 heterocycles. The predicted octanol–water partition coefficient (Wildman–Crippen LogP) is 1.23. The average molecular weight is 302 g/mol. The summed E-state index contributed by atoms with van der Waals surface area (Å²) in [6.07, 6.45) is 0. The van der Waals surface area contributed by atoms with Gasteiger partial charge in [0.15, 0.2) is 0 Å². The lowest BCUT2D eigenvalue weighted by molar-refractivity contribution is 0.114. The maximum atomic E-state index is 12.0. The van der Waals surface area contributed by atoms with E-state index in [0.717, 1.165) is 0 Å². The minimum Gasteiger partial charge on any atom is -0.495 e. The zero-order valence-corrected chi connectivity index (χ0v) is 12.9. The lowest BCUT2D eigenvalue weighted by Crippen LogP contribution is -2.28. The molecule has 20 heavy (non-hydrogen) atoms. The van der Waals surface area contributed by atoms with E-state index in [9.17, 15) is 8.42 Å². The van der Waals surface area contributed by atoms with Crippen LogP contribution >= 0.6 is 0 Å². The molecule has 1 rings (SSSR count). The van der Waals surface area contributed by atoms with Crippen molar-refractivity contribution in [2.24, 2.45) is 5.92 Å². The van der Waals surface area contributed by atoms with Crippen molar-refractivity contribution >= 4 is 15.7 Å². The Morgan fingerprint density at radius 1 is 1.35 bits per heavy atom. The van der Waals surface area contributed by atoms with Crippen molar-refractivity contribution in [2.45, 2.75) is 18.7 Å². The zero-order valence-electron chi connectivity index (χ0n) is 12.0. The highest BCUT2D eigenvalue weighted by Gasteiger charge is 2.15. The van der Waals surface area contributed by atoms with Gasteiger partial charge in [0.1, 0.15) is 5.75 Å². The van der Waals surface area contributed by atoms with E-state index in [-0.39, 0.29) is 11.4 Å². The topological polar surface area (TPSA) is 90.7 Å². The van der Waals surface area contributed by atoms with Gasteiger partial charge in [-0.25, -0.2) is 13.1 Å². The Labute approximate surface area is 120 Å². The molecular formula is C13H22N2O4S. The van der Waals surface area contributed by atoms with E-state index in [0.29, 0.717) is 30.6 Å². The van der Waals surface area contributed by atoms with Crippen molar-refractivity contribution in [3.05, 3.63) is 18.2 Å². The third-order valence-corrected chi connectivity index (χ3v) is 3.96. The van der Waals surface area contributed by atoms with Crippen molar-refractivity contribution in [1.29, 1.82) is 0 Å². The molecule has 0 radical (unpaired) electrons. The Morgan fingerprint density at radius 2 is 2.05 bits per heavy atom. The van der Waals surface area contributed by atoms with Gasteiger partial charge in [-0.05, 0) is 18.1 Å². The summed E-state index contributed by atoms with van der Waals surface area (Å²) in [5.41, 5.74) is 6.05. The van der Waals surface area contributed by atoms with Crippen LogP contribution in [0.25, 0.3) is 0 Å². The Kier molecular flexibility index (Phi) is 6.25. The zero-order chi connectivity index (χ0) is 15.2. The van der Waals surface area contributed by atoms with E-state index in [1.165, 1.54) is 25.3 Å². The van der Waals surface area contributed by atoms with Crippen LogP contribution < -0.4 is 15.2 Å². The molecule has 0 spiro atoms. The van der Waals surface area contributed by atoms with Crippen LogP contribution in [0.4, 0.5) is 5.69 Å². The highest BCUT2D eigenvalue weighted by Crippen LogP contribution is 2.24. The smallest absolute Gasteiger partial charge is 0.240 e. The van der Waals surface area contributed by atoms with Gasteiger partial charge in [-0.1, -0.05) is 13.8 Å². The minimum absolute atomic E-state index is 0.118. The Balaban J connectivity index is 2.60. The highest BCUT2D eigenvalue weighted by molar-refractivity contribution is 7.89. The summed E-state index contributed by atoms with van der Waals surface area (Å²) in [6, 6.07) is 4.34. The number of rotatable bonds is 8. The molecule has 0 aromatic heterocycles. The molecule has 0 aliphatic carbocycles. The van der Waals surface area contributed by atoms with E-state index in [1.807, 2.05) is 13.8 Å².